The van der Waals surface area contributed by atoms with Crippen LogP contribution in [0.4, 0.5) is 4.79 Å². The van der Waals surface area contributed by atoms with Crippen molar-refractivity contribution < 1.29 is 23.8 Å². The van der Waals surface area contributed by atoms with E-state index in [1.54, 1.807) is 23.1 Å². The molecule has 0 unspecified atom stereocenters. The van der Waals surface area contributed by atoms with Crippen molar-refractivity contribution in [3.05, 3.63) is 40.2 Å². The number of likely N-dealkylation sites (tertiary alicyclic amines) is 1. The lowest BCUT2D eigenvalue weighted by Gasteiger charge is -2.33. The Labute approximate surface area is 169 Å². The van der Waals surface area contributed by atoms with Crippen molar-refractivity contribution in [2.45, 2.75) is 45.3 Å². The van der Waals surface area contributed by atoms with Gasteiger partial charge in [-0.1, -0.05) is 17.9 Å². The molecule has 1 fully saturated rings. The Morgan fingerprint density at radius 2 is 2.03 bits per heavy atom. The molecule has 0 aliphatic carbocycles. The van der Waals surface area contributed by atoms with Crippen molar-refractivity contribution in [1.82, 2.24) is 4.90 Å². The predicted molar refractivity (Wildman–Crippen MR) is 108 cm³/mol. The maximum absolute atomic E-state index is 12.1. The molecule has 0 atom stereocenters. The summed E-state index contributed by atoms with van der Waals surface area (Å²) in [5.74, 6) is 5.72. The van der Waals surface area contributed by atoms with Gasteiger partial charge < -0.3 is 23.9 Å². The molecule has 2 heterocycles. The van der Waals surface area contributed by atoms with Crippen molar-refractivity contribution in [2.75, 3.05) is 19.7 Å². The summed E-state index contributed by atoms with van der Waals surface area (Å²) >= 11 is 0. The largest absolute Gasteiger partial charge is 0.507 e. The molecule has 1 aliphatic heterocycles. The Kier molecular flexibility index (Phi) is 6.14. The molecule has 2 aromatic rings. The Hall–Kier alpha value is -2.98. The number of rotatable bonds is 2. The number of benzene rings is 1. The van der Waals surface area contributed by atoms with Crippen LogP contribution >= 0.6 is 0 Å². The first kappa shape index (κ1) is 20.7. The number of carbonyl (C=O) groups excluding carboxylic acids is 1. The molecule has 1 aromatic carbocycles. The van der Waals surface area contributed by atoms with Gasteiger partial charge in [-0.3, -0.25) is 0 Å². The molecular weight excluding hydrogens is 374 g/mol. The number of hydrogen-bond donors (Lipinski definition) is 1. The molecule has 1 aromatic heterocycles. The highest BCUT2D eigenvalue weighted by Crippen LogP contribution is 2.24. The highest BCUT2D eigenvalue weighted by atomic mass is 16.6. The summed E-state index contributed by atoms with van der Waals surface area (Å²) in [6.07, 6.45) is 1.17. The van der Waals surface area contributed by atoms with Crippen molar-refractivity contribution >= 4 is 17.1 Å². The van der Waals surface area contributed by atoms with Crippen molar-refractivity contribution in [3.63, 3.8) is 0 Å². The van der Waals surface area contributed by atoms with E-state index < -0.39 is 11.2 Å². The second-order valence-corrected chi connectivity index (χ2v) is 7.91. The van der Waals surface area contributed by atoms with Gasteiger partial charge in [-0.15, -0.1) is 0 Å². The van der Waals surface area contributed by atoms with E-state index in [1.165, 1.54) is 0 Å². The minimum absolute atomic E-state index is 0.0254. The number of ether oxygens (including phenoxy) is 2. The third-order valence-corrected chi connectivity index (χ3v) is 4.46. The standard InChI is InChI=1S/C22H25NO6/c1-22(2,3)29-21(26)23-11-9-16(10-12-23)27-13-5-7-15-6-4-8-17-18(24)14-19(25)28-20(15)17/h4,6,8,14,16,24H,9-13H2,1-3H3. The second kappa shape index (κ2) is 8.58. The lowest BCUT2D eigenvalue weighted by molar-refractivity contribution is -0.00374. The number of piperidine rings is 1. The van der Waals surface area contributed by atoms with Crippen LogP contribution in [0.15, 0.2) is 33.5 Å². The van der Waals surface area contributed by atoms with Crippen LogP contribution in [-0.2, 0) is 9.47 Å². The highest BCUT2D eigenvalue weighted by molar-refractivity contribution is 5.87. The Morgan fingerprint density at radius 1 is 1.31 bits per heavy atom. The normalized spacial score (nSPS) is 15.1. The molecule has 1 saturated heterocycles. The molecule has 1 aliphatic rings. The Morgan fingerprint density at radius 3 is 2.72 bits per heavy atom. The molecule has 1 N–H and O–H groups in total. The maximum atomic E-state index is 12.1. The van der Waals surface area contributed by atoms with Gasteiger partial charge in [0, 0.05) is 13.1 Å². The van der Waals surface area contributed by atoms with Crippen LogP contribution in [0.5, 0.6) is 5.75 Å². The monoisotopic (exact) mass is 399 g/mol. The zero-order valence-electron chi connectivity index (χ0n) is 16.9. The van der Waals surface area contributed by atoms with Gasteiger partial charge in [-0.05, 0) is 45.7 Å². The lowest BCUT2D eigenvalue weighted by Crippen LogP contribution is -2.43. The van der Waals surface area contributed by atoms with Gasteiger partial charge in [-0.25, -0.2) is 9.59 Å². The van der Waals surface area contributed by atoms with E-state index in [9.17, 15) is 14.7 Å². The fourth-order valence-corrected chi connectivity index (χ4v) is 3.09. The van der Waals surface area contributed by atoms with E-state index in [0.29, 0.717) is 24.0 Å². The summed E-state index contributed by atoms with van der Waals surface area (Å²) < 4.78 is 16.4. The molecule has 154 valence electrons. The number of para-hydroxylation sites is 1. The van der Waals surface area contributed by atoms with Crippen LogP contribution in [0.1, 0.15) is 39.2 Å². The summed E-state index contributed by atoms with van der Waals surface area (Å²) in [4.78, 5) is 25.3. The Balaban J connectivity index is 1.54. The van der Waals surface area contributed by atoms with Crippen molar-refractivity contribution in [3.8, 4) is 17.6 Å². The van der Waals surface area contributed by atoms with Crippen molar-refractivity contribution in [2.24, 2.45) is 0 Å². The van der Waals surface area contributed by atoms with Gasteiger partial charge in [0.2, 0.25) is 0 Å². The summed E-state index contributed by atoms with van der Waals surface area (Å²) in [6, 6.07) is 6.15. The number of carbonyl (C=O) groups is 1. The van der Waals surface area contributed by atoms with E-state index in [0.717, 1.165) is 18.9 Å². The number of aromatic hydroxyl groups is 1. The molecular formula is C22H25NO6. The van der Waals surface area contributed by atoms with E-state index in [-0.39, 0.29) is 30.1 Å². The van der Waals surface area contributed by atoms with E-state index >= 15 is 0 Å². The van der Waals surface area contributed by atoms with Crippen LogP contribution in [0.25, 0.3) is 11.0 Å². The zero-order valence-corrected chi connectivity index (χ0v) is 16.9. The first-order valence-corrected chi connectivity index (χ1v) is 9.57. The predicted octanol–water partition coefficient (Wildman–Crippen LogP) is 3.27. The molecule has 0 radical (unpaired) electrons. The minimum Gasteiger partial charge on any atom is -0.507 e. The third-order valence-electron chi connectivity index (χ3n) is 4.46. The molecule has 0 bridgehead atoms. The van der Waals surface area contributed by atoms with E-state index in [4.69, 9.17) is 13.9 Å². The average molecular weight is 399 g/mol. The summed E-state index contributed by atoms with van der Waals surface area (Å²) in [5, 5.41) is 10.3. The number of amides is 1. The maximum Gasteiger partial charge on any atom is 0.410 e. The number of fused-ring (bicyclic) bond motifs is 1. The second-order valence-electron chi connectivity index (χ2n) is 7.91. The van der Waals surface area contributed by atoms with Gasteiger partial charge in [0.1, 0.15) is 18.0 Å². The fraction of sp³-hybridized carbons (Fsp3) is 0.455. The average Bonchev–Trinajstić information content (AvgIpc) is 2.64. The summed E-state index contributed by atoms with van der Waals surface area (Å²) in [6.45, 7) is 6.93. The minimum atomic E-state index is -0.628. The molecule has 0 spiro atoms. The summed E-state index contributed by atoms with van der Waals surface area (Å²) in [5.41, 5.74) is -0.357. The number of hydrogen-bond acceptors (Lipinski definition) is 6. The molecule has 7 heteroatoms. The van der Waals surface area contributed by atoms with Crippen molar-refractivity contribution in [1.29, 1.82) is 0 Å². The topological polar surface area (TPSA) is 89.2 Å². The van der Waals surface area contributed by atoms with Crippen LogP contribution in [0.3, 0.4) is 0 Å². The van der Waals surface area contributed by atoms with E-state index in [2.05, 4.69) is 11.8 Å². The summed E-state index contributed by atoms with van der Waals surface area (Å²) in [7, 11) is 0. The number of nitrogens with zero attached hydrogens (tertiary/aromatic N) is 1. The van der Waals surface area contributed by atoms with Gasteiger partial charge in [0.25, 0.3) is 0 Å². The first-order valence-electron chi connectivity index (χ1n) is 9.57. The molecule has 0 saturated carbocycles. The Bertz CT molecular complexity index is 1000. The highest BCUT2D eigenvalue weighted by Gasteiger charge is 2.26. The smallest absolute Gasteiger partial charge is 0.410 e. The molecule has 29 heavy (non-hydrogen) atoms. The van der Waals surface area contributed by atoms with Crippen LogP contribution in [0, 0.1) is 11.8 Å². The van der Waals surface area contributed by atoms with Crippen LogP contribution in [-0.4, -0.2) is 47.5 Å². The molecule has 3 rings (SSSR count). The van der Waals surface area contributed by atoms with Gasteiger partial charge in [-0.2, -0.15) is 0 Å². The van der Waals surface area contributed by atoms with Gasteiger partial charge >= 0.3 is 11.7 Å². The van der Waals surface area contributed by atoms with Crippen LogP contribution < -0.4 is 5.63 Å². The first-order chi connectivity index (χ1) is 13.7. The van der Waals surface area contributed by atoms with Crippen LogP contribution in [0.2, 0.25) is 0 Å². The molecule has 1 amide bonds. The fourth-order valence-electron chi connectivity index (χ4n) is 3.09. The zero-order chi connectivity index (χ0) is 21.0. The lowest BCUT2D eigenvalue weighted by atomic mass is 10.1. The quantitative estimate of drug-likeness (QED) is 0.616. The van der Waals surface area contributed by atoms with E-state index in [1.807, 2.05) is 20.8 Å². The van der Waals surface area contributed by atoms with Gasteiger partial charge in [0.15, 0.2) is 5.58 Å². The third kappa shape index (κ3) is 5.52. The molecule has 7 nitrogen and oxygen atoms in total. The SMILES string of the molecule is CC(C)(C)OC(=O)N1CCC(OCC#Cc2cccc3c(O)cc(=O)oc23)CC1. The van der Waals surface area contributed by atoms with Gasteiger partial charge in [0.05, 0.1) is 23.1 Å².